The average Bonchev–Trinajstić information content (AvgIpc) is 2.40. The lowest BCUT2D eigenvalue weighted by Gasteiger charge is -2.17. The molecule has 0 saturated carbocycles. The van der Waals surface area contributed by atoms with Crippen LogP contribution >= 0.6 is 0 Å². The van der Waals surface area contributed by atoms with E-state index in [1.54, 1.807) is 18.5 Å². The molecular weight excluding hydrogens is 254 g/mol. The highest BCUT2D eigenvalue weighted by Crippen LogP contribution is 2.15. The number of alkyl halides is 2. The standard InChI is InChI=1S/C12H12F2N4O/c1-18(8-9-3-2-6-15-7-9)10-4-5-11(17-16-10)19-12(13)14/h2-7,12H,8H2,1H3. The number of nitrogens with zero attached hydrogens (tertiary/aromatic N) is 4. The van der Waals surface area contributed by atoms with Crippen molar-refractivity contribution in [2.75, 3.05) is 11.9 Å². The lowest BCUT2D eigenvalue weighted by Crippen LogP contribution is -2.18. The van der Waals surface area contributed by atoms with Crippen molar-refractivity contribution >= 4 is 5.82 Å². The smallest absolute Gasteiger partial charge is 0.388 e. The highest BCUT2D eigenvalue weighted by atomic mass is 19.3. The van der Waals surface area contributed by atoms with Gasteiger partial charge in [0.15, 0.2) is 5.82 Å². The first-order valence-corrected chi connectivity index (χ1v) is 5.54. The summed E-state index contributed by atoms with van der Waals surface area (Å²) in [6.45, 7) is -2.30. The average molecular weight is 266 g/mol. The van der Waals surface area contributed by atoms with Gasteiger partial charge in [0.2, 0.25) is 5.88 Å². The summed E-state index contributed by atoms with van der Waals surface area (Å²) in [6, 6.07) is 6.70. The minimum absolute atomic E-state index is 0.200. The van der Waals surface area contributed by atoms with Gasteiger partial charge in [0, 0.05) is 32.1 Å². The van der Waals surface area contributed by atoms with Gasteiger partial charge in [-0.15, -0.1) is 10.2 Å². The van der Waals surface area contributed by atoms with Crippen LogP contribution < -0.4 is 9.64 Å². The molecule has 2 heterocycles. The van der Waals surface area contributed by atoms with Crippen LogP contribution in [0.3, 0.4) is 0 Å². The largest absolute Gasteiger partial charge is 0.415 e. The van der Waals surface area contributed by atoms with E-state index in [1.807, 2.05) is 24.1 Å². The lowest BCUT2D eigenvalue weighted by atomic mass is 10.3. The SMILES string of the molecule is CN(Cc1cccnc1)c1ccc(OC(F)F)nn1. The van der Waals surface area contributed by atoms with Gasteiger partial charge in [0.05, 0.1) is 0 Å². The van der Waals surface area contributed by atoms with E-state index in [4.69, 9.17) is 0 Å². The number of aromatic nitrogens is 3. The minimum Gasteiger partial charge on any atom is -0.415 e. The molecule has 0 aliphatic heterocycles. The number of anilines is 1. The number of rotatable bonds is 5. The van der Waals surface area contributed by atoms with Gasteiger partial charge in [-0.1, -0.05) is 6.07 Å². The molecule has 7 heteroatoms. The quantitative estimate of drug-likeness (QED) is 0.829. The Balaban J connectivity index is 2.01. The van der Waals surface area contributed by atoms with E-state index < -0.39 is 6.61 Å². The van der Waals surface area contributed by atoms with Crippen LogP contribution in [-0.4, -0.2) is 28.8 Å². The topological polar surface area (TPSA) is 51.1 Å². The molecule has 2 aromatic heterocycles. The van der Waals surface area contributed by atoms with Crippen LogP contribution in [0.2, 0.25) is 0 Å². The Hall–Kier alpha value is -2.31. The van der Waals surface area contributed by atoms with Crippen molar-refractivity contribution in [1.29, 1.82) is 0 Å². The Morgan fingerprint density at radius 2 is 2.11 bits per heavy atom. The highest BCUT2D eigenvalue weighted by molar-refractivity contribution is 5.38. The zero-order chi connectivity index (χ0) is 13.7. The number of hydrogen-bond acceptors (Lipinski definition) is 5. The summed E-state index contributed by atoms with van der Waals surface area (Å²) >= 11 is 0. The van der Waals surface area contributed by atoms with Crippen molar-refractivity contribution in [1.82, 2.24) is 15.2 Å². The normalized spacial score (nSPS) is 10.5. The van der Waals surface area contributed by atoms with E-state index in [1.165, 1.54) is 6.07 Å². The summed E-state index contributed by atoms with van der Waals surface area (Å²) in [7, 11) is 1.82. The molecule has 5 nitrogen and oxygen atoms in total. The highest BCUT2D eigenvalue weighted by Gasteiger charge is 2.08. The maximum atomic E-state index is 12.0. The van der Waals surface area contributed by atoms with E-state index in [-0.39, 0.29) is 5.88 Å². The monoisotopic (exact) mass is 266 g/mol. The first-order valence-electron chi connectivity index (χ1n) is 5.54. The fourth-order valence-corrected chi connectivity index (χ4v) is 1.52. The van der Waals surface area contributed by atoms with E-state index in [0.29, 0.717) is 12.4 Å². The molecule has 0 aliphatic carbocycles. The Morgan fingerprint density at radius 1 is 1.26 bits per heavy atom. The van der Waals surface area contributed by atoms with Crippen molar-refractivity contribution in [2.24, 2.45) is 0 Å². The molecule has 2 aromatic rings. The second kappa shape index (κ2) is 6.03. The van der Waals surface area contributed by atoms with Crippen molar-refractivity contribution in [3.63, 3.8) is 0 Å². The summed E-state index contributed by atoms with van der Waals surface area (Å²) in [5, 5.41) is 7.40. The molecule has 2 rings (SSSR count). The van der Waals surface area contributed by atoms with E-state index in [2.05, 4.69) is 19.9 Å². The molecule has 0 aliphatic rings. The molecule has 0 atom stereocenters. The maximum Gasteiger partial charge on any atom is 0.388 e. The van der Waals surface area contributed by atoms with Gasteiger partial charge >= 0.3 is 6.61 Å². The number of halogens is 2. The van der Waals surface area contributed by atoms with Crippen LogP contribution in [0.1, 0.15) is 5.56 Å². The summed E-state index contributed by atoms with van der Waals surface area (Å²) in [5.41, 5.74) is 1.01. The van der Waals surface area contributed by atoms with Crippen molar-refractivity contribution in [3.8, 4) is 5.88 Å². The zero-order valence-corrected chi connectivity index (χ0v) is 10.2. The van der Waals surface area contributed by atoms with Crippen molar-refractivity contribution in [2.45, 2.75) is 13.2 Å². The molecule has 0 bridgehead atoms. The van der Waals surface area contributed by atoms with Crippen molar-refractivity contribution < 1.29 is 13.5 Å². The van der Waals surface area contributed by atoms with E-state index in [9.17, 15) is 8.78 Å². The first kappa shape index (κ1) is 13.1. The summed E-state index contributed by atoms with van der Waals surface area (Å²) in [4.78, 5) is 5.84. The molecule has 0 N–H and O–H groups in total. The van der Waals surface area contributed by atoms with Crippen LogP contribution in [0.4, 0.5) is 14.6 Å². The summed E-state index contributed by atoms with van der Waals surface area (Å²) in [5.74, 6) is 0.360. The molecule has 0 aromatic carbocycles. The van der Waals surface area contributed by atoms with Gasteiger partial charge in [-0.3, -0.25) is 4.98 Å². The van der Waals surface area contributed by atoms with Gasteiger partial charge in [-0.25, -0.2) is 0 Å². The fraction of sp³-hybridized carbons (Fsp3) is 0.250. The molecular formula is C12H12F2N4O. The molecule has 19 heavy (non-hydrogen) atoms. The Bertz CT molecular complexity index is 507. The molecule has 0 amide bonds. The third kappa shape index (κ3) is 3.84. The molecule has 0 saturated heterocycles. The van der Waals surface area contributed by atoms with Crippen LogP contribution in [0, 0.1) is 0 Å². The maximum absolute atomic E-state index is 12.0. The molecule has 0 fully saturated rings. The number of hydrogen-bond donors (Lipinski definition) is 0. The molecule has 0 radical (unpaired) electrons. The zero-order valence-electron chi connectivity index (χ0n) is 10.2. The second-order valence-electron chi connectivity index (χ2n) is 3.83. The molecule has 100 valence electrons. The van der Waals surface area contributed by atoms with Crippen LogP contribution in [0.25, 0.3) is 0 Å². The first-order chi connectivity index (χ1) is 9.15. The Labute approximate surface area is 108 Å². The lowest BCUT2D eigenvalue weighted by molar-refractivity contribution is -0.0534. The van der Waals surface area contributed by atoms with Gasteiger partial charge in [-0.05, 0) is 17.7 Å². The van der Waals surface area contributed by atoms with Gasteiger partial charge in [0.1, 0.15) is 0 Å². The summed E-state index contributed by atoms with van der Waals surface area (Å²) < 4.78 is 28.1. The predicted molar refractivity (Wildman–Crippen MR) is 65.0 cm³/mol. The van der Waals surface area contributed by atoms with Crippen molar-refractivity contribution in [3.05, 3.63) is 42.2 Å². The third-order valence-electron chi connectivity index (χ3n) is 2.37. The third-order valence-corrected chi connectivity index (χ3v) is 2.37. The summed E-state index contributed by atoms with van der Waals surface area (Å²) in [6.07, 6.45) is 3.44. The minimum atomic E-state index is -2.90. The predicted octanol–water partition coefficient (Wildman–Crippen LogP) is 2.11. The van der Waals surface area contributed by atoms with E-state index >= 15 is 0 Å². The van der Waals surface area contributed by atoms with Crippen LogP contribution in [-0.2, 0) is 6.54 Å². The fourth-order valence-electron chi connectivity index (χ4n) is 1.52. The van der Waals surface area contributed by atoms with Crippen LogP contribution in [0.15, 0.2) is 36.7 Å². The molecule has 0 unspecified atom stereocenters. The van der Waals surface area contributed by atoms with E-state index in [0.717, 1.165) is 5.56 Å². The number of pyridine rings is 1. The van der Waals surface area contributed by atoms with Gasteiger partial charge < -0.3 is 9.64 Å². The van der Waals surface area contributed by atoms with Gasteiger partial charge in [0.25, 0.3) is 0 Å². The Kier molecular flexibility index (Phi) is 4.17. The number of ether oxygens (including phenoxy) is 1. The molecule has 0 spiro atoms. The Morgan fingerprint density at radius 3 is 2.68 bits per heavy atom. The second-order valence-corrected chi connectivity index (χ2v) is 3.83. The van der Waals surface area contributed by atoms with Gasteiger partial charge in [-0.2, -0.15) is 8.78 Å². The van der Waals surface area contributed by atoms with Crippen LogP contribution in [0.5, 0.6) is 5.88 Å².